The quantitative estimate of drug-likeness (QED) is 0.448. The molecule has 2 heterocycles. The normalized spacial score (nSPS) is 11.9. The van der Waals surface area contributed by atoms with Crippen molar-refractivity contribution in [2.45, 2.75) is 19.9 Å². The van der Waals surface area contributed by atoms with Gasteiger partial charge in [-0.05, 0) is 13.8 Å². The first kappa shape index (κ1) is 20.2. The summed E-state index contributed by atoms with van der Waals surface area (Å²) < 4.78 is 12.1. The first-order chi connectivity index (χ1) is 13.8. The zero-order chi connectivity index (χ0) is 21.1. The summed E-state index contributed by atoms with van der Waals surface area (Å²) in [6, 6.07) is 7.01. The maximum atomic E-state index is 12.2. The van der Waals surface area contributed by atoms with Crippen molar-refractivity contribution in [3.05, 3.63) is 35.5 Å². The van der Waals surface area contributed by atoms with Crippen LogP contribution in [-0.2, 0) is 0 Å². The van der Waals surface area contributed by atoms with E-state index in [0.717, 1.165) is 0 Å². The molecule has 3 rings (SSSR count). The van der Waals surface area contributed by atoms with Crippen molar-refractivity contribution < 1.29 is 14.3 Å². The summed E-state index contributed by atoms with van der Waals surface area (Å²) >= 11 is 0. The van der Waals surface area contributed by atoms with Gasteiger partial charge in [0.2, 0.25) is 0 Å². The van der Waals surface area contributed by atoms with E-state index in [4.69, 9.17) is 20.9 Å². The van der Waals surface area contributed by atoms with Crippen molar-refractivity contribution in [3.8, 4) is 11.5 Å². The third kappa shape index (κ3) is 4.32. The number of nitrogens with one attached hydrogen (secondary N) is 2. The number of hydrogen-bond donors (Lipinski definition) is 4. The maximum absolute atomic E-state index is 12.2. The minimum atomic E-state index is -0.645. The topological polar surface area (TPSA) is 142 Å². The Kier molecular flexibility index (Phi) is 5.74. The van der Waals surface area contributed by atoms with Crippen LogP contribution in [0.4, 0.5) is 17.3 Å². The second-order valence-electron chi connectivity index (χ2n) is 6.69. The number of hydrogen-bond acceptors (Lipinski definition) is 8. The number of benzene rings is 1. The van der Waals surface area contributed by atoms with Crippen molar-refractivity contribution in [1.29, 1.82) is 0 Å². The van der Waals surface area contributed by atoms with Crippen LogP contribution in [0.3, 0.4) is 0 Å². The predicted molar refractivity (Wildman–Crippen MR) is 111 cm³/mol. The Labute approximate surface area is 168 Å². The van der Waals surface area contributed by atoms with Crippen molar-refractivity contribution >= 4 is 28.9 Å². The van der Waals surface area contributed by atoms with Crippen LogP contribution in [0.2, 0.25) is 0 Å². The van der Waals surface area contributed by atoms with Gasteiger partial charge < -0.3 is 31.6 Å². The average Bonchev–Trinajstić information content (AvgIpc) is 3.03. The molecule has 0 spiro atoms. The van der Waals surface area contributed by atoms with Crippen molar-refractivity contribution in [2.24, 2.45) is 11.5 Å². The van der Waals surface area contributed by atoms with Gasteiger partial charge in [-0.3, -0.25) is 4.79 Å². The van der Waals surface area contributed by atoms with Crippen LogP contribution in [0, 0.1) is 6.92 Å². The first-order valence-electron chi connectivity index (χ1n) is 9.02. The molecule has 0 aliphatic heterocycles. The van der Waals surface area contributed by atoms with Gasteiger partial charge >= 0.3 is 0 Å². The van der Waals surface area contributed by atoms with Gasteiger partial charge in [0, 0.05) is 48.2 Å². The van der Waals surface area contributed by atoms with Gasteiger partial charge in [0.25, 0.3) is 5.91 Å². The number of amides is 1. The molecule has 29 heavy (non-hydrogen) atoms. The first-order valence-corrected chi connectivity index (χ1v) is 9.02. The number of ether oxygens (including phenoxy) is 2. The molecule has 1 aromatic carbocycles. The summed E-state index contributed by atoms with van der Waals surface area (Å²) in [5.74, 6) is 1.46. The molecule has 154 valence electrons. The van der Waals surface area contributed by atoms with Crippen molar-refractivity contribution in [2.75, 3.05) is 31.4 Å². The third-order valence-electron chi connectivity index (χ3n) is 4.18. The molecule has 0 aliphatic carbocycles. The highest BCUT2D eigenvalue weighted by Gasteiger charge is 2.22. The van der Waals surface area contributed by atoms with Crippen molar-refractivity contribution in [1.82, 2.24) is 14.6 Å². The molecular formula is C19H25N7O3. The number of carbonyl (C=O) groups excluding carboxylic acids is 1. The van der Waals surface area contributed by atoms with Gasteiger partial charge in [0.05, 0.1) is 14.2 Å². The number of aryl methyl sites for hydroxylation is 1. The van der Waals surface area contributed by atoms with Gasteiger partial charge in [-0.1, -0.05) is 0 Å². The summed E-state index contributed by atoms with van der Waals surface area (Å²) in [5.41, 5.74) is 13.4. The van der Waals surface area contributed by atoms with Crippen LogP contribution < -0.4 is 31.6 Å². The molecule has 0 bridgehead atoms. The van der Waals surface area contributed by atoms with Gasteiger partial charge in [0.15, 0.2) is 11.5 Å². The van der Waals surface area contributed by atoms with E-state index in [1.165, 1.54) is 4.52 Å². The zero-order valence-corrected chi connectivity index (χ0v) is 16.8. The van der Waals surface area contributed by atoms with Crippen LogP contribution in [-0.4, -0.2) is 47.3 Å². The highest BCUT2D eigenvalue weighted by Crippen LogP contribution is 2.30. The Morgan fingerprint density at radius 2 is 1.86 bits per heavy atom. The summed E-state index contributed by atoms with van der Waals surface area (Å²) in [7, 11) is 3.11. The fourth-order valence-electron chi connectivity index (χ4n) is 2.86. The molecular weight excluding hydrogens is 374 g/mol. The Bertz CT molecular complexity index is 1020. The molecule has 3 aromatic rings. The predicted octanol–water partition coefficient (Wildman–Crippen LogP) is 1.66. The Morgan fingerprint density at radius 1 is 1.21 bits per heavy atom. The van der Waals surface area contributed by atoms with Crippen LogP contribution in [0.25, 0.3) is 5.65 Å². The van der Waals surface area contributed by atoms with E-state index in [1.54, 1.807) is 32.4 Å². The molecule has 6 N–H and O–H groups in total. The van der Waals surface area contributed by atoms with Gasteiger partial charge in [-0.15, -0.1) is 5.10 Å². The van der Waals surface area contributed by atoms with Gasteiger partial charge in [-0.2, -0.15) is 4.52 Å². The lowest BCUT2D eigenvalue weighted by Gasteiger charge is -2.11. The summed E-state index contributed by atoms with van der Waals surface area (Å²) in [6.07, 6.45) is 0. The SMILES string of the molecule is COc1cc(Nc2nn3c(NCC(C)N)cc(C)nc3c2C(N)=O)cc(OC)c1. The molecule has 10 nitrogen and oxygen atoms in total. The minimum absolute atomic E-state index is 0.0634. The van der Waals surface area contributed by atoms with Crippen LogP contribution in [0.1, 0.15) is 23.0 Å². The number of carbonyl (C=O) groups is 1. The Morgan fingerprint density at radius 3 is 2.41 bits per heavy atom. The number of rotatable bonds is 8. The smallest absolute Gasteiger partial charge is 0.256 e. The summed E-state index contributed by atoms with van der Waals surface area (Å²) in [6.45, 7) is 4.24. The second-order valence-corrected chi connectivity index (χ2v) is 6.69. The Balaban J connectivity index is 2.11. The van der Waals surface area contributed by atoms with E-state index >= 15 is 0 Å². The van der Waals surface area contributed by atoms with Crippen molar-refractivity contribution in [3.63, 3.8) is 0 Å². The molecule has 1 atom stereocenters. The van der Waals surface area contributed by atoms with E-state index in [2.05, 4.69) is 20.7 Å². The van der Waals surface area contributed by atoms with E-state index in [0.29, 0.717) is 40.9 Å². The lowest BCUT2D eigenvalue weighted by Crippen LogP contribution is -2.26. The number of aromatic nitrogens is 3. The van der Waals surface area contributed by atoms with E-state index in [1.807, 2.05) is 19.9 Å². The fourth-order valence-corrected chi connectivity index (χ4v) is 2.86. The van der Waals surface area contributed by atoms with Crippen LogP contribution in [0.15, 0.2) is 24.3 Å². The van der Waals surface area contributed by atoms with E-state index in [9.17, 15) is 4.79 Å². The molecule has 0 saturated carbocycles. The standard InChI is InChI=1S/C19H25N7O3/c1-10(20)9-22-15-5-11(2)23-19-16(17(21)27)18(25-26(15)19)24-12-6-13(28-3)8-14(7-12)29-4/h5-8,10,22H,9,20H2,1-4H3,(H2,21,27)(H,24,25). The number of primary amides is 1. The molecule has 10 heteroatoms. The summed E-state index contributed by atoms with van der Waals surface area (Å²) in [5, 5.41) is 10.9. The highest BCUT2D eigenvalue weighted by atomic mass is 16.5. The number of nitrogens with zero attached hydrogens (tertiary/aromatic N) is 3. The lowest BCUT2D eigenvalue weighted by atomic mass is 10.2. The number of nitrogens with two attached hydrogens (primary N) is 2. The molecule has 2 aromatic heterocycles. The molecule has 0 fully saturated rings. The molecule has 0 aliphatic rings. The lowest BCUT2D eigenvalue weighted by molar-refractivity contribution is 0.100. The van der Waals surface area contributed by atoms with Crippen LogP contribution in [0.5, 0.6) is 11.5 Å². The maximum Gasteiger partial charge on any atom is 0.256 e. The van der Waals surface area contributed by atoms with Gasteiger partial charge in [0.1, 0.15) is 22.9 Å². The van der Waals surface area contributed by atoms with Gasteiger partial charge in [-0.25, -0.2) is 4.98 Å². The molecule has 0 saturated heterocycles. The molecule has 0 radical (unpaired) electrons. The van der Waals surface area contributed by atoms with E-state index < -0.39 is 5.91 Å². The monoisotopic (exact) mass is 399 g/mol. The number of methoxy groups -OCH3 is 2. The molecule has 1 unspecified atom stereocenters. The largest absolute Gasteiger partial charge is 0.497 e. The fraction of sp³-hybridized carbons (Fsp3) is 0.316. The zero-order valence-electron chi connectivity index (χ0n) is 16.8. The number of fused-ring (bicyclic) bond motifs is 1. The summed E-state index contributed by atoms with van der Waals surface area (Å²) in [4.78, 5) is 16.7. The minimum Gasteiger partial charge on any atom is -0.497 e. The third-order valence-corrected chi connectivity index (χ3v) is 4.18. The van der Waals surface area contributed by atoms with Crippen LogP contribution >= 0.6 is 0 Å². The molecule has 1 amide bonds. The Hall–Kier alpha value is -3.53. The highest BCUT2D eigenvalue weighted by molar-refractivity contribution is 6.04. The number of anilines is 3. The second kappa shape index (κ2) is 8.23. The average molecular weight is 399 g/mol. The van der Waals surface area contributed by atoms with E-state index in [-0.39, 0.29) is 17.4 Å².